The fourth-order valence-corrected chi connectivity index (χ4v) is 2.53. The molecule has 1 amide bonds. The first-order valence-corrected chi connectivity index (χ1v) is 7.15. The second-order valence-electron chi connectivity index (χ2n) is 5.07. The summed E-state index contributed by atoms with van der Waals surface area (Å²) in [5.74, 6) is 0.457. The number of hydrogen-bond donors (Lipinski definition) is 0. The molecule has 1 atom stereocenters. The molecule has 0 aliphatic heterocycles. The lowest BCUT2D eigenvalue weighted by molar-refractivity contribution is -0.139. The van der Waals surface area contributed by atoms with E-state index in [2.05, 4.69) is 18.4 Å². The monoisotopic (exact) mass is 273 g/mol. The number of thiophene rings is 1. The van der Waals surface area contributed by atoms with Crippen molar-refractivity contribution in [1.29, 1.82) is 0 Å². The molecule has 0 bridgehead atoms. The van der Waals surface area contributed by atoms with E-state index in [1.165, 1.54) is 4.88 Å². The van der Waals surface area contributed by atoms with Gasteiger partial charge < -0.3 is 4.90 Å². The Morgan fingerprint density at radius 3 is 2.71 bits per heavy atom. The molecule has 0 aliphatic rings. The zero-order chi connectivity index (χ0) is 13.1. The fourth-order valence-electron chi connectivity index (χ4n) is 1.59. The predicted molar refractivity (Wildman–Crippen MR) is 74.8 cm³/mol. The Balaban J connectivity index is 2.63. The van der Waals surface area contributed by atoms with Crippen LogP contribution in [0.2, 0.25) is 0 Å². The molecule has 1 rings (SSSR count). The van der Waals surface area contributed by atoms with Gasteiger partial charge in [0.05, 0.1) is 5.41 Å². The molecule has 1 aromatic heterocycles. The Bertz CT molecular complexity index is 362. The maximum atomic E-state index is 12.2. The number of nitrogens with zero attached hydrogens (tertiary/aromatic N) is 1. The van der Waals surface area contributed by atoms with E-state index in [0.717, 1.165) is 6.42 Å². The Hall–Kier alpha value is -0.540. The molecular formula is C13H20ClNOS. The van der Waals surface area contributed by atoms with Gasteiger partial charge in [0.15, 0.2) is 0 Å². The minimum absolute atomic E-state index is 0.108. The van der Waals surface area contributed by atoms with Crippen LogP contribution in [-0.4, -0.2) is 29.8 Å². The maximum Gasteiger partial charge on any atom is 0.229 e. The van der Waals surface area contributed by atoms with Crippen LogP contribution < -0.4 is 0 Å². The van der Waals surface area contributed by atoms with Crippen molar-refractivity contribution in [2.45, 2.75) is 33.2 Å². The van der Waals surface area contributed by atoms with Crippen LogP contribution in [0.4, 0.5) is 0 Å². The van der Waals surface area contributed by atoms with Gasteiger partial charge in [-0.25, -0.2) is 0 Å². The minimum Gasteiger partial charge on any atom is -0.342 e. The molecule has 1 unspecified atom stereocenters. The molecular weight excluding hydrogens is 254 g/mol. The van der Waals surface area contributed by atoms with Crippen molar-refractivity contribution in [2.75, 3.05) is 12.9 Å². The van der Waals surface area contributed by atoms with Crippen molar-refractivity contribution in [2.24, 2.45) is 5.41 Å². The maximum absolute atomic E-state index is 12.2. The van der Waals surface area contributed by atoms with Crippen molar-refractivity contribution in [1.82, 2.24) is 4.90 Å². The zero-order valence-corrected chi connectivity index (χ0v) is 12.4. The number of carbonyl (C=O) groups is 1. The quantitative estimate of drug-likeness (QED) is 0.753. The van der Waals surface area contributed by atoms with Crippen LogP contribution in [0.5, 0.6) is 0 Å². The second kappa shape index (κ2) is 5.87. The third-order valence-corrected chi connectivity index (χ3v) is 4.54. The summed E-state index contributed by atoms with van der Waals surface area (Å²) in [6.07, 6.45) is 0.901. The van der Waals surface area contributed by atoms with Crippen molar-refractivity contribution in [3.05, 3.63) is 22.4 Å². The standard InChI is InChI=1S/C13H20ClNOS/c1-10(8-11-6-5-7-17-11)15(4)12(16)13(2,3)9-14/h5-7,10H,8-9H2,1-4H3. The van der Waals surface area contributed by atoms with Gasteiger partial charge in [-0.2, -0.15) is 0 Å². The summed E-state index contributed by atoms with van der Waals surface area (Å²) in [6, 6.07) is 4.34. The Kier molecular flexibility index (Phi) is 5.02. The molecule has 96 valence electrons. The lowest BCUT2D eigenvalue weighted by Gasteiger charge is -2.32. The molecule has 0 aliphatic carbocycles. The van der Waals surface area contributed by atoms with Crippen molar-refractivity contribution >= 4 is 28.8 Å². The first-order valence-electron chi connectivity index (χ1n) is 5.74. The van der Waals surface area contributed by atoms with Gasteiger partial charge in [-0.15, -0.1) is 22.9 Å². The molecule has 2 nitrogen and oxygen atoms in total. The SMILES string of the molecule is CC(Cc1cccs1)N(C)C(=O)C(C)(C)CCl. The molecule has 0 fully saturated rings. The average molecular weight is 274 g/mol. The van der Waals surface area contributed by atoms with Crippen LogP contribution in [0.1, 0.15) is 25.6 Å². The summed E-state index contributed by atoms with van der Waals surface area (Å²) in [4.78, 5) is 15.3. The van der Waals surface area contributed by atoms with Gasteiger partial charge >= 0.3 is 0 Å². The Morgan fingerprint density at radius 2 is 2.24 bits per heavy atom. The lowest BCUT2D eigenvalue weighted by Crippen LogP contribution is -2.44. The van der Waals surface area contributed by atoms with E-state index in [4.69, 9.17) is 11.6 Å². The highest BCUT2D eigenvalue weighted by Gasteiger charge is 2.31. The molecule has 0 radical (unpaired) electrons. The van der Waals surface area contributed by atoms with E-state index in [1.54, 1.807) is 11.3 Å². The first-order chi connectivity index (χ1) is 7.88. The highest BCUT2D eigenvalue weighted by Crippen LogP contribution is 2.22. The molecule has 1 aromatic rings. The van der Waals surface area contributed by atoms with Gasteiger partial charge in [0.25, 0.3) is 0 Å². The van der Waals surface area contributed by atoms with E-state index in [0.29, 0.717) is 5.88 Å². The first kappa shape index (κ1) is 14.5. The molecule has 0 aromatic carbocycles. The number of likely N-dealkylation sites (N-methyl/N-ethyl adjacent to an activating group) is 1. The van der Waals surface area contributed by atoms with Crippen molar-refractivity contribution in [3.63, 3.8) is 0 Å². The van der Waals surface area contributed by atoms with Crippen molar-refractivity contribution in [3.8, 4) is 0 Å². The lowest BCUT2D eigenvalue weighted by atomic mass is 9.93. The van der Waals surface area contributed by atoms with Gasteiger partial charge in [0.2, 0.25) is 5.91 Å². The van der Waals surface area contributed by atoms with Crippen LogP contribution >= 0.6 is 22.9 Å². The van der Waals surface area contributed by atoms with Crippen LogP contribution in [0, 0.1) is 5.41 Å². The van der Waals surface area contributed by atoms with Crippen LogP contribution in [0.3, 0.4) is 0 Å². The summed E-state index contributed by atoms with van der Waals surface area (Å²) in [5.41, 5.74) is -0.486. The van der Waals surface area contributed by atoms with Crippen LogP contribution in [0.25, 0.3) is 0 Å². The normalized spacial score (nSPS) is 13.5. The second-order valence-corrected chi connectivity index (χ2v) is 6.37. The highest BCUT2D eigenvalue weighted by molar-refractivity contribution is 7.09. The topological polar surface area (TPSA) is 20.3 Å². The van der Waals surface area contributed by atoms with E-state index < -0.39 is 5.41 Å². The third kappa shape index (κ3) is 3.71. The van der Waals surface area contributed by atoms with Gasteiger partial charge in [0.1, 0.15) is 0 Å². The summed E-state index contributed by atoms with van der Waals surface area (Å²) < 4.78 is 0. The largest absolute Gasteiger partial charge is 0.342 e. The third-order valence-electron chi connectivity index (χ3n) is 2.97. The summed E-state index contributed by atoms with van der Waals surface area (Å²) >= 11 is 7.56. The zero-order valence-electron chi connectivity index (χ0n) is 10.9. The number of hydrogen-bond acceptors (Lipinski definition) is 2. The van der Waals surface area contributed by atoms with E-state index in [-0.39, 0.29) is 11.9 Å². The number of carbonyl (C=O) groups excluding carboxylic acids is 1. The molecule has 0 N–H and O–H groups in total. The van der Waals surface area contributed by atoms with Gasteiger partial charge in [-0.1, -0.05) is 6.07 Å². The molecule has 1 heterocycles. The minimum atomic E-state index is -0.486. The number of amides is 1. The molecule has 17 heavy (non-hydrogen) atoms. The molecule has 4 heteroatoms. The Labute approximate surface area is 113 Å². The smallest absolute Gasteiger partial charge is 0.229 e. The molecule has 0 saturated heterocycles. The van der Waals surface area contributed by atoms with E-state index >= 15 is 0 Å². The molecule has 0 spiro atoms. The number of alkyl halides is 1. The highest BCUT2D eigenvalue weighted by atomic mass is 35.5. The summed E-state index contributed by atoms with van der Waals surface area (Å²) in [7, 11) is 1.86. The van der Waals surface area contributed by atoms with Gasteiger partial charge in [0, 0.05) is 30.3 Å². The predicted octanol–water partition coefficient (Wildman–Crippen LogP) is 3.40. The van der Waals surface area contributed by atoms with Gasteiger partial charge in [-0.05, 0) is 32.2 Å². The van der Waals surface area contributed by atoms with Gasteiger partial charge in [-0.3, -0.25) is 4.79 Å². The number of rotatable bonds is 5. The van der Waals surface area contributed by atoms with Crippen LogP contribution in [0.15, 0.2) is 17.5 Å². The van der Waals surface area contributed by atoms with E-state index in [9.17, 15) is 4.79 Å². The average Bonchev–Trinajstić information content (AvgIpc) is 2.79. The summed E-state index contributed by atoms with van der Waals surface area (Å²) in [6.45, 7) is 5.84. The van der Waals surface area contributed by atoms with Crippen molar-refractivity contribution < 1.29 is 4.79 Å². The van der Waals surface area contributed by atoms with E-state index in [1.807, 2.05) is 31.9 Å². The molecule has 0 saturated carbocycles. The summed E-state index contributed by atoms with van der Waals surface area (Å²) in [5, 5.41) is 2.06. The fraction of sp³-hybridized carbons (Fsp3) is 0.615. The van der Waals surface area contributed by atoms with Crippen LogP contribution in [-0.2, 0) is 11.2 Å². The number of halogens is 1. The Morgan fingerprint density at radius 1 is 1.59 bits per heavy atom.